The Morgan fingerprint density at radius 3 is 2.44 bits per heavy atom. The molecule has 16 heavy (non-hydrogen) atoms. The van der Waals surface area contributed by atoms with Crippen molar-refractivity contribution in [2.75, 3.05) is 13.2 Å². The van der Waals surface area contributed by atoms with Gasteiger partial charge in [-0.1, -0.05) is 12.1 Å². The maximum absolute atomic E-state index is 5.40. The summed E-state index contributed by atoms with van der Waals surface area (Å²) in [6, 6.07) is 0. The van der Waals surface area contributed by atoms with E-state index in [1.54, 1.807) is 0 Å². The smallest absolute Gasteiger partial charge is 0.283 e. The Kier molecular flexibility index (Phi) is 3.25. The molecule has 5 heteroatoms. The van der Waals surface area contributed by atoms with Crippen molar-refractivity contribution in [2.24, 2.45) is 0 Å². The van der Waals surface area contributed by atoms with Crippen LogP contribution in [0.1, 0.15) is 51.6 Å². The zero-order valence-electron chi connectivity index (χ0n) is 10.0. The zero-order valence-corrected chi connectivity index (χ0v) is 10.0. The summed E-state index contributed by atoms with van der Waals surface area (Å²) in [6.07, 6.45) is 1.72. The second-order valence-electron chi connectivity index (χ2n) is 4.26. The fourth-order valence-electron chi connectivity index (χ4n) is 1.48. The lowest BCUT2D eigenvalue weighted by molar-refractivity contribution is -0.155. The molecule has 0 bridgehead atoms. The van der Waals surface area contributed by atoms with E-state index in [0.717, 1.165) is 18.7 Å². The topological polar surface area (TPSA) is 57.4 Å². The van der Waals surface area contributed by atoms with Gasteiger partial charge in [-0.05, 0) is 26.7 Å². The zero-order chi connectivity index (χ0) is 11.6. The Balaban J connectivity index is 2.09. The number of hydrogen-bond acceptors (Lipinski definition) is 5. The van der Waals surface area contributed by atoms with Crippen LogP contribution in [0, 0.1) is 0 Å². The third kappa shape index (κ3) is 2.25. The Morgan fingerprint density at radius 2 is 1.94 bits per heavy atom. The van der Waals surface area contributed by atoms with Gasteiger partial charge in [-0.15, -0.1) is 0 Å². The molecule has 0 aliphatic heterocycles. The summed E-state index contributed by atoms with van der Waals surface area (Å²) >= 11 is 0. The molecular weight excluding hydrogens is 208 g/mol. The third-order valence-electron chi connectivity index (χ3n) is 2.82. The molecule has 1 heterocycles. The Morgan fingerprint density at radius 1 is 1.31 bits per heavy atom. The van der Waals surface area contributed by atoms with Crippen LogP contribution in [-0.4, -0.2) is 23.4 Å². The van der Waals surface area contributed by atoms with E-state index < -0.39 is 6.29 Å². The summed E-state index contributed by atoms with van der Waals surface area (Å²) in [6.45, 7) is 7.06. The number of rotatable bonds is 6. The molecule has 0 amide bonds. The fraction of sp³-hybridized carbons (Fsp3) is 0.818. The minimum Gasteiger partial charge on any atom is -0.345 e. The highest BCUT2D eigenvalue weighted by molar-refractivity contribution is 5.14. The largest absolute Gasteiger partial charge is 0.345 e. The summed E-state index contributed by atoms with van der Waals surface area (Å²) in [5.74, 6) is 1.19. The first-order valence-corrected chi connectivity index (χ1v) is 5.77. The first-order valence-electron chi connectivity index (χ1n) is 5.77. The summed E-state index contributed by atoms with van der Waals surface area (Å²) < 4.78 is 16.0. The number of ether oxygens (including phenoxy) is 2. The Hall–Kier alpha value is -0.940. The van der Waals surface area contributed by atoms with Gasteiger partial charge in [-0.25, -0.2) is 0 Å². The van der Waals surface area contributed by atoms with Crippen LogP contribution in [0.4, 0.5) is 0 Å². The second-order valence-corrected chi connectivity index (χ2v) is 4.26. The normalized spacial score (nSPS) is 18.0. The third-order valence-corrected chi connectivity index (χ3v) is 2.82. The lowest BCUT2D eigenvalue weighted by Crippen LogP contribution is -2.10. The average Bonchev–Trinajstić information content (AvgIpc) is 2.84. The quantitative estimate of drug-likeness (QED) is 0.696. The van der Waals surface area contributed by atoms with E-state index in [1.807, 2.05) is 13.8 Å². The van der Waals surface area contributed by atoms with Gasteiger partial charge in [0.2, 0.25) is 6.29 Å². The van der Waals surface area contributed by atoms with Crippen molar-refractivity contribution in [2.45, 2.75) is 45.3 Å². The molecular formula is C11H18N2O3. The molecule has 2 rings (SSSR count). The van der Waals surface area contributed by atoms with E-state index in [2.05, 4.69) is 17.1 Å². The Labute approximate surface area is 95.1 Å². The van der Waals surface area contributed by atoms with Gasteiger partial charge in [0, 0.05) is 18.6 Å². The monoisotopic (exact) mass is 226 g/mol. The SMILES string of the molecule is CCOC(OCC)c1nc(C2(C)CC2)no1. The summed E-state index contributed by atoms with van der Waals surface area (Å²) in [7, 11) is 0. The lowest BCUT2D eigenvalue weighted by Gasteiger charge is -2.11. The molecule has 0 aromatic carbocycles. The standard InChI is InChI=1S/C11H18N2O3/c1-4-14-9(15-5-2)8-12-10(13-16-8)11(3)6-7-11/h9H,4-7H2,1-3H3. The van der Waals surface area contributed by atoms with Crippen molar-refractivity contribution < 1.29 is 14.0 Å². The van der Waals surface area contributed by atoms with Gasteiger partial charge in [0.05, 0.1) is 0 Å². The molecule has 90 valence electrons. The van der Waals surface area contributed by atoms with Crippen molar-refractivity contribution in [1.82, 2.24) is 10.1 Å². The highest BCUT2D eigenvalue weighted by Gasteiger charge is 2.44. The lowest BCUT2D eigenvalue weighted by atomic mass is 10.1. The molecule has 1 aliphatic carbocycles. The van der Waals surface area contributed by atoms with Crippen molar-refractivity contribution in [3.05, 3.63) is 11.7 Å². The van der Waals surface area contributed by atoms with E-state index in [1.165, 1.54) is 0 Å². The van der Waals surface area contributed by atoms with Crippen LogP contribution in [0.5, 0.6) is 0 Å². The van der Waals surface area contributed by atoms with E-state index in [-0.39, 0.29) is 5.41 Å². The van der Waals surface area contributed by atoms with Gasteiger partial charge in [0.1, 0.15) is 0 Å². The molecule has 5 nitrogen and oxygen atoms in total. The number of nitrogens with zero attached hydrogens (tertiary/aromatic N) is 2. The van der Waals surface area contributed by atoms with Gasteiger partial charge in [0.25, 0.3) is 5.89 Å². The van der Waals surface area contributed by atoms with Crippen molar-refractivity contribution in [1.29, 1.82) is 0 Å². The fourth-order valence-corrected chi connectivity index (χ4v) is 1.48. The maximum atomic E-state index is 5.40. The number of aromatic nitrogens is 2. The van der Waals surface area contributed by atoms with Crippen LogP contribution < -0.4 is 0 Å². The molecule has 1 saturated carbocycles. The molecule has 1 aromatic heterocycles. The van der Waals surface area contributed by atoms with Crippen LogP contribution in [-0.2, 0) is 14.9 Å². The van der Waals surface area contributed by atoms with Crippen LogP contribution in [0.25, 0.3) is 0 Å². The van der Waals surface area contributed by atoms with Crippen LogP contribution in [0.15, 0.2) is 4.52 Å². The minimum atomic E-state index is -0.529. The van der Waals surface area contributed by atoms with Gasteiger partial charge in [0.15, 0.2) is 5.82 Å². The second kappa shape index (κ2) is 4.51. The van der Waals surface area contributed by atoms with Gasteiger partial charge >= 0.3 is 0 Å². The van der Waals surface area contributed by atoms with Gasteiger partial charge in [-0.3, -0.25) is 0 Å². The van der Waals surface area contributed by atoms with Crippen molar-refractivity contribution >= 4 is 0 Å². The summed E-state index contributed by atoms with van der Waals surface area (Å²) in [4.78, 5) is 4.35. The molecule has 1 fully saturated rings. The van der Waals surface area contributed by atoms with Gasteiger partial charge < -0.3 is 14.0 Å². The number of hydrogen-bond donors (Lipinski definition) is 0. The minimum absolute atomic E-state index is 0.116. The molecule has 0 spiro atoms. The molecule has 1 aromatic rings. The molecule has 1 aliphatic rings. The summed E-state index contributed by atoms with van der Waals surface area (Å²) in [5, 5.41) is 3.99. The average molecular weight is 226 g/mol. The van der Waals surface area contributed by atoms with Crippen LogP contribution in [0.2, 0.25) is 0 Å². The van der Waals surface area contributed by atoms with Crippen molar-refractivity contribution in [3.63, 3.8) is 0 Å². The molecule has 0 atom stereocenters. The van der Waals surface area contributed by atoms with E-state index in [9.17, 15) is 0 Å². The summed E-state index contributed by atoms with van der Waals surface area (Å²) in [5.41, 5.74) is 0.116. The first kappa shape index (κ1) is 11.5. The molecule has 0 N–H and O–H groups in total. The van der Waals surface area contributed by atoms with Crippen molar-refractivity contribution in [3.8, 4) is 0 Å². The van der Waals surface area contributed by atoms with Crippen LogP contribution >= 0.6 is 0 Å². The van der Waals surface area contributed by atoms with Crippen LogP contribution in [0.3, 0.4) is 0 Å². The maximum Gasteiger partial charge on any atom is 0.283 e. The first-order chi connectivity index (χ1) is 7.69. The van der Waals surface area contributed by atoms with Gasteiger partial charge in [-0.2, -0.15) is 4.98 Å². The molecule has 0 unspecified atom stereocenters. The highest BCUT2D eigenvalue weighted by Crippen LogP contribution is 2.46. The Bertz CT molecular complexity index is 341. The highest BCUT2D eigenvalue weighted by atomic mass is 16.7. The predicted molar refractivity (Wildman–Crippen MR) is 56.9 cm³/mol. The molecule has 0 saturated heterocycles. The van der Waals surface area contributed by atoms with E-state index in [4.69, 9.17) is 14.0 Å². The predicted octanol–water partition coefficient (Wildman–Crippen LogP) is 2.19. The molecule has 0 radical (unpaired) electrons. The van der Waals surface area contributed by atoms with E-state index >= 15 is 0 Å². The van der Waals surface area contributed by atoms with E-state index in [0.29, 0.717) is 19.1 Å².